The monoisotopic (exact) mass is 482 g/mol. The van der Waals surface area contributed by atoms with E-state index < -0.39 is 18.1 Å². The molecule has 33 heavy (non-hydrogen) atoms. The van der Waals surface area contributed by atoms with Crippen LogP contribution in [0.1, 0.15) is 30.1 Å². The summed E-state index contributed by atoms with van der Waals surface area (Å²) in [6, 6.07) is 18.8. The summed E-state index contributed by atoms with van der Waals surface area (Å²) in [5.41, 5.74) is 8.16. The molecule has 6 nitrogen and oxygen atoms in total. The lowest BCUT2D eigenvalue weighted by Gasteiger charge is -2.48. The average Bonchev–Trinajstić information content (AvgIpc) is 2.88. The molecular formula is C25H26N2O4S2. The van der Waals surface area contributed by atoms with E-state index >= 15 is 0 Å². The van der Waals surface area contributed by atoms with Crippen LogP contribution in [0.3, 0.4) is 0 Å². The van der Waals surface area contributed by atoms with Crippen molar-refractivity contribution in [3.8, 4) is 0 Å². The summed E-state index contributed by atoms with van der Waals surface area (Å²) in [4.78, 5) is 28.8. The van der Waals surface area contributed by atoms with Gasteiger partial charge in [0.15, 0.2) is 6.10 Å². The van der Waals surface area contributed by atoms with Gasteiger partial charge in [0.2, 0.25) is 5.91 Å². The van der Waals surface area contributed by atoms with E-state index in [-0.39, 0.29) is 11.3 Å². The van der Waals surface area contributed by atoms with Crippen LogP contribution >= 0.6 is 23.5 Å². The van der Waals surface area contributed by atoms with Crippen molar-refractivity contribution >= 4 is 35.4 Å². The number of fused-ring (bicyclic) bond motifs is 1. The zero-order chi connectivity index (χ0) is 22.8. The van der Waals surface area contributed by atoms with E-state index in [9.17, 15) is 9.59 Å². The molecule has 0 saturated carbocycles. The molecule has 0 aromatic heterocycles. The molecule has 172 valence electrons. The lowest BCUT2D eigenvalue weighted by molar-refractivity contribution is -0.152. The van der Waals surface area contributed by atoms with Crippen LogP contribution < -0.4 is 5.73 Å². The van der Waals surface area contributed by atoms with Crippen LogP contribution in [0.15, 0.2) is 71.3 Å². The molecule has 1 unspecified atom stereocenters. The molecule has 5 rings (SSSR count). The van der Waals surface area contributed by atoms with Gasteiger partial charge in [-0.3, -0.25) is 9.69 Å². The van der Waals surface area contributed by atoms with Crippen LogP contribution in [-0.4, -0.2) is 52.4 Å². The molecule has 2 aromatic rings. The maximum absolute atomic E-state index is 13.7. The molecule has 0 bridgehead atoms. The summed E-state index contributed by atoms with van der Waals surface area (Å²) in [7, 11) is 0. The molecule has 0 spiro atoms. The second kappa shape index (κ2) is 9.93. The Morgan fingerprint density at radius 3 is 2.27 bits per heavy atom. The zero-order valence-electron chi connectivity index (χ0n) is 18.1. The van der Waals surface area contributed by atoms with Crippen molar-refractivity contribution in [1.82, 2.24) is 4.90 Å². The first-order valence-electron chi connectivity index (χ1n) is 11.1. The van der Waals surface area contributed by atoms with Crippen LogP contribution in [0.25, 0.3) is 0 Å². The lowest BCUT2D eigenvalue weighted by Crippen LogP contribution is -2.68. The van der Waals surface area contributed by atoms with Gasteiger partial charge in [-0.25, -0.2) is 4.79 Å². The average molecular weight is 483 g/mol. The van der Waals surface area contributed by atoms with Crippen molar-refractivity contribution in [2.45, 2.75) is 35.6 Å². The normalized spacial score (nSPS) is 23.3. The van der Waals surface area contributed by atoms with Gasteiger partial charge in [-0.15, -0.1) is 23.5 Å². The molecule has 3 heterocycles. The van der Waals surface area contributed by atoms with Crippen LogP contribution in [0.5, 0.6) is 0 Å². The van der Waals surface area contributed by atoms with Gasteiger partial charge in [0.1, 0.15) is 17.1 Å². The summed E-state index contributed by atoms with van der Waals surface area (Å²) in [5, 5.41) is 0.142. The third-order valence-corrected chi connectivity index (χ3v) is 8.99. The van der Waals surface area contributed by atoms with Gasteiger partial charge in [-0.05, 0) is 24.0 Å². The molecule has 0 radical (unpaired) electrons. The molecule has 2 fully saturated rings. The number of benzene rings is 2. The Morgan fingerprint density at radius 2 is 1.67 bits per heavy atom. The van der Waals surface area contributed by atoms with Crippen LogP contribution in [0, 0.1) is 0 Å². The fourth-order valence-electron chi connectivity index (χ4n) is 4.31. The number of amides is 1. The maximum Gasteiger partial charge on any atom is 0.356 e. The molecule has 2 saturated heterocycles. The Kier molecular flexibility index (Phi) is 6.78. The predicted octanol–water partition coefficient (Wildman–Crippen LogP) is 3.69. The van der Waals surface area contributed by atoms with Gasteiger partial charge in [-0.1, -0.05) is 60.7 Å². The van der Waals surface area contributed by atoms with E-state index in [2.05, 4.69) is 0 Å². The highest BCUT2D eigenvalue weighted by atomic mass is 32.2. The number of ether oxygens (including phenoxy) is 2. The number of β-lactam (4-membered cyclic amide) rings is 1. The quantitative estimate of drug-likeness (QED) is 0.497. The number of hydrogen-bond acceptors (Lipinski definition) is 7. The molecular weight excluding hydrogens is 456 g/mol. The van der Waals surface area contributed by atoms with Crippen molar-refractivity contribution in [1.29, 1.82) is 0 Å². The highest BCUT2D eigenvalue weighted by Crippen LogP contribution is 2.45. The molecule has 8 heteroatoms. The minimum atomic E-state index is -0.577. The standard InChI is InChI=1S/C25H26N2O4S2/c26-20-23(28)27-21(19(15-32-24(20)27)33-18-11-13-30-14-12-18)25(29)31-22(16-7-3-1-4-8-16)17-9-5-2-6-10-17/h1-10,18,20,22,24H,11-15,26H2/t20?,24-/m0/s1. The molecule has 1 amide bonds. The predicted molar refractivity (Wildman–Crippen MR) is 130 cm³/mol. The third-order valence-electron chi connectivity index (χ3n) is 6.07. The Balaban J connectivity index is 1.47. The van der Waals surface area contributed by atoms with Crippen LogP contribution in [0.4, 0.5) is 0 Å². The molecule has 2 atom stereocenters. The first-order chi connectivity index (χ1) is 16.1. The van der Waals surface area contributed by atoms with Crippen molar-refractivity contribution in [3.63, 3.8) is 0 Å². The second-order valence-electron chi connectivity index (χ2n) is 8.24. The highest BCUT2D eigenvalue weighted by Gasteiger charge is 2.52. The van der Waals surface area contributed by atoms with E-state index in [4.69, 9.17) is 15.2 Å². The Hall–Kier alpha value is -2.26. The van der Waals surface area contributed by atoms with Crippen molar-refractivity contribution < 1.29 is 19.1 Å². The Morgan fingerprint density at radius 1 is 1.06 bits per heavy atom. The van der Waals surface area contributed by atoms with E-state index in [1.165, 1.54) is 0 Å². The Bertz CT molecular complexity index is 1000. The minimum absolute atomic E-state index is 0.217. The van der Waals surface area contributed by atoms with E-state index in [0.717, 1.165) is 42.1 Å². The van der Waals surface area contributed by atoms with Crippen molar-refractivity contribution in [2.24, 2.45) is 5.73 Å². The first-order valence-corrected chi connectivity index (χ1v) is 13.0. The number of carbonyl (C=O) groups excluding carboxylic acids is 2. The van der Waals surface area contributed by atoms with Gasteiger partial charge < -0.3 is 15.2 Å². The largest absolute Gasteiger partial charge is 0.448 e. The smallest absolute Gasteiger partial charge is 0.356 e. The first kappa shape index (κ1) is 22.5. The summed E-state index contributed by atoms with van der Waals surface area (Å²) in [6.07, 6.45) is 1.28. The SMILES string of the molecule is NC1C(=O)N2C(C(=O)OC(c3ccccc3)c3ccccc3)=C(SC3CCOCC3)CS[C@@H]12. The number of thioether (sulfide) groups is 2. The second-order valence-corrected chi connectivity index (χ2v) is 10.7. The number of rotatable bonds is 6. The van der Waals surface area contributed by atoms with Crippen LogP contribution in [-0.2, 0) is 19.1 Å². The number of nitrogens with zero attached hydrogens (tertiary/aromatic N) is 1. The van der Waals surface area contributed by atoms with Gasteiger partial charge in [0.05, 0.1) is 0 Å². The van der Waals surface area contributed by atoms with Gasteiger partial charge in [0, 0.05) is 29.1 Å². The number of hydrogen-bond donors (Lipinski definition) is 1. The molecule has 3 aliphatic heterocycles. The lowest BCUT2D eigenvalue weighted by atomic mass is 10.0. The Labute approximate surface area is 201 Å². The summed E-state index contributed by atoms with van der Waals surface area (Å²) >= 11 is 3.30. The van der Waals surface area contributed by atoms with E-state index in [1.807, 2.05) is 60.7 Å². The minimum Gasteiger partial charge on any atom is -0.448 e. The van der Waals surface area contributed by atoms with Gasteiger partial charge >= 0.3 is 5.97 Å². The van der Waals surface area contributed by atoms with Crippen molar-refractivity contribution in [3.05, 3.63) is 82.4 Å². The van der Waals surface area contributed by atoms with E-state index in [0.29, 0.717) is 16.7 Å². The maximum atomic E-state index is 13.7. The summed E-state index contributed by atoms with van der Waals surface area (Å²) in [5.74, 6) is -0.0522. The topological polar surface area (TPSA) is 81.9 Å². The van der Waals surface area contributed by atoms with E-state index in [1.54, 1.807) is 28.4 Å². The molecule has 2 aromatic carbocycles. The van der Waals surface area contributed by atoms with Gasteiger partial charge in [0.25, 0.3) is 0 Å². The number of esters is 1. The van der Waals surface area contributed by atoms with Crippen LogP contribution in [0.2, 0.25) is 0 Å². The molecule has 2 N–H and O–H groups in total. The molecule has 0 aliphatic carbocycles. The summed E-state index contributed by atoms with van der Waals surface area (Å²) in [6.45, 7) is 1.44. The zero-order valence-corrected chi connectivity index (χ0v) is 19.7. The number of carbonyl (C=O) groups is 2. The summed E-state index contributed by atoms with van der Waals surface area (Å²) < 4.78 is 11.6. The fourth-order valence-corrected chi connectivity index (χ4v) is 7.05. The third kappa shape index (κ3) is 4.57. The highest BCUT2D eigenvalue weighted by molar-refractivity contribution is 8.06. The number of nitrogens with two attached hydrogens (primary N) is 1. The van der Waals surface area contributed by atoms with Gasteiger partial charge in [-0.2, -0.15) is 0 Å². The van der Waals surface area contributed by atoms with Crippen molar-refractivity contribution in [2.75, 3.05) is 19.0 Å². The fraction of sp³-hybridized carbons (Fsp3) is 0.360. The molecule has 3 aliphatic rings.